The van der Waals surface area contributed by atoms with E-state index in [9.17, 15) is 0 Å². The fourth-order valence-electron chi connectivity index (χ4n) is 1.74. The molecule has 0 amide bonds. The highest BCUT2D eigenvalue weighted by Crippen LogP contribution is 2.25. The van der Waals surface area contributed by atoms with Gasteiger partial charge in [-0.25, -0.2) is 9.97 Å². The van der Waals surface area contributed by atoms with Crippen molar-refractivity contribution >= 4 is 33.5 Å². The summed E-state index contributed by atoms with van der Waals surface area (Å²) in [5, 5.41) is 3.30. The molecule has 0 aliphatic heterocycles. The zero-order chi connectivity index (χ0) is 14.4. The van der Waals surface area contributed by atoms with E-state index >= 15 is 0 Å². The maximum atomic E-state index is 4.58. The fourth-order valence-corrected chi connectivity index (χ4v) is 2.73. The van der Waals surface area contributed by atoms with Crippen LogP contribution >= 0.6 is 27.7 Å². The van der Waals surface area contributed by atoms with E-state index in [0.717, 1.165) is 40.4 Å². The summed E-state index contributed by atoms with van der Waals surface area (Å²) in [7, 11) is 0. The van der Waals surface area contributed by atoms with E-state index in [1.165, 1.54) is 4.90 Å². The highest BCUT2D eigenvalue weighted by Gasteiger charge is 2.06. The van der Waals surface area contributed by atoms with Gasteiger partial charge in [-0.1, -0.05) is 26.0 Å². The van der Waals surface area contributed by atoms with Crippen molar-refractivity contribution < 1.29 is 0 Å². The number of nitrogens with one attached hydrogen (secondary N) is 1. The van der Waals surface area contributed by atoms with Crippen molar-refractivity contribution in [3.05, 3.63) is 34.9 Å². The summed E-state index contributed by atoms with van der Waals surface area (Å²) in [6, 6.07) is 8.39. The quantitative estimate of drug-likeness (QED) is 0.755. The summed E-state index contributed by atoms with van der Waals surface area (Å²) < 4.78 is 0.896. The standard InChI is InChI=1S/C15H18BrN3S/c1-3-9-17-15-13(16)10-18-14(19-15)11-5-7-12(8-6-11)20-4-2/h5-8,10H,3-4,9H2,1-2H3,(H,17,18,19). The summed E-state index contributed by atoms with van der Waals surface area (Å²) in [5.41, 5.74) is 1.04. The van der Waals surface area contributed by atoms with Crippen LogP contribution in [0, 0.1) is 0 Å². The number of nitrogens with zero attached hydrogens (tertiary/aromatic N) is 2. The molecule has 0 unspecified atom stereocenters. The molecule has 0 fully saturated rings. The van der Waals surface area contributed by atoms with Crippen LogP contribution in [0.4, 0.5) is 5.82 Å². The molecule has 20 heavy (non-hydrogen) atoms. The molecule has 0 radical (unpaired) electrons. The summed E-state index contributed by atoms with van der Waals surface area (Å²) in [6.07, 6.45) is 2.86. The first-order chi connectivity index (χ1) is 9.74. The lowest BCUT2D eigenvalue weighted by Gasteiger charge is -2.08. The number of rotatable bonds is 6. The normalized spacial score (nSPS) is 10.6. The van der Waals surface area contributed by atoms with Crippen LogP contribution < -0.4 is 5.32 Å². The average molecular weight is 352 g/mol. The molecule has 0 spiro atoms. The minimum absolute atomic E-state index is 0.750. The molecule has 5 heteroatoms. The zero-order valence-corrected chi connectivity index (χ0v) is 14.1. The Balaban J connectivity index is 2.23. The monoisotopic (exact) mass is 351 g/mol. The van der Waals surface area contributed by atoms with Gasteiger partial charge in [0.25, 0.3) is 0 Å². The molecule has 0 bridgehead atoms. The molecule has 3 nitrogen and oxygen atoms in total. The number of benzene rings is 1. The van der Waals surface area contributed by atoms with Gasteiger partial charge in [0.1, 0.15) is 5.82 Å². The summed E-state index contributed by atoms with van der Waals surface area (Å²) in [6.45, 7) is 5.19. The van der Waals surface area contributed by atoms with Gasteiger partial charge in [0.05, 0.1) is 4.47 Å². The minimum Gasteiger partial charge on any atom is -0.369 e. The molecule has 0 aliphatic carbocycles. The van der Waals surface area contributed by atoms with Crippen LogP contribution in [-0.4, -0.2) is 22.3 Å². The third-order valence-electron chi connectivity index (χ3n) is 2.71. The van der Waals surface area contributed by atoms with Crippen LogP contribution in [0.15, 0.2) is 39.8 Å². The van der Waals surface area contributed by atoms with Gasteiger partial charge in [0, 0.05) is 23.2 Å². The molecule has 0 saturated carbocycles. The number of hydrogen-bond donors (Lipinski definition) is 1. The van der Waals surface area contributed by atoms with Crippen molar-refractivity contribution in [2.24, 2.45) is 0 Å². The maximum Gasteiger partial charge on any atom is 0.161 e. The topological polar surface area (TPSA) is 37.8 Å². The van der Waals surface area contributed by atoms with Crippen molar-refractivity contribution in [3.63, 3.8) is 0 Å². The third kappa shape index (κ3) is 3.96. The number of thioether (sulfide) groups is 1. The predicted octanol–water partition coefficient (Wildman–Crippen LogP) is 4.84. The van der Waals surface area contributed by atoms with E-state index in [4.69, 9.17) is 0 Å². The Bertz CT molecular complexity index is 558. The Hall–Kier alpha value is -1.07. The van der Waals surface area contributed by atoms with Gasteiger partial charge in [-0.15, -0.1) is 11.8 Å². The summed E-state index contributed by atoms with van der Waals surface area (Å²) >= 11 is 5.31. The largest absolute Gasteiger partial charge is 0.369 e. The highest BCUT2D eigenvalue weighted by atomic mass is 79.9. The van der Waals surface area contributed by atoms with E-state index < -0.39 is 0 Å². The summed E-state index contributed by atoms with van der Waals surface area (Å²) in [5.74, 6) is 2.68. The van der Waals surface area contributed by atoms with Crippen molar-refractivity contribution in [1.82, 2.24) is 9.97 Å². The van der Waals surface area contributed by atoms with Gasteiger partial charge in [-0.2, -0.15) is 0 Å². The Morgan fingerprint density at radius 3 is 2.60 bits per heavy atom. The molecule has 106 valence electrons. The second kappa shape index (κ2) is 7.64. The molecule has 2 aromatic rings. The number of aromatic nitrogens is 2. The van der Waals surface area contributed by atoms with Gasteiger partial charge < -0.3 is 5.32 Å². The van der Waals surface area contributed by atoms with Crippen molar-refractivity contribution in [3.8, 4) is 11.4 Å². The fraction of sp³-hybridized carbons (Fsp3) is 0.333. The van der Waals surface area contributed by atoms with Crippen LogP contribution in [-0.2, 0) is 0 Å². The van der Waals surface area contributed by atoms with Gasteiger partial charge in [-0.05, 0) is 40.2 Å². The first kappa shape index (κ1) is 15.3. The Kier molecular flexibility index (Phi) is 5.86. The van der Waals surface area contributed by atoms with E-state index in [1.54, 1.807) is 6.20 Å². The van der Waals surface area contributed by atoms with Crippen LogP contribution in [0.5, 0.6) is 0 Å². The molecule has 1 N–H and O–H groups in total. The Labute approximate surface area is 132 Å². The van der Waals surface area contributed by atoms with E-state index in [1.807, 2.05) is 11.8 Å². The van der Waals surface area contributed by atoms with E-state index in [2.05, 4.69) is 69.3 Å². The van der Waals surface area contributed by atoms with Crippen LogP contribution in [0.2, 0.25) is 0 Å². The number of halogens is 1. The van der Waals surface area contributed by atoms with Crippen molar-refractivity contribution in [2.75, 3.05) is 17.6 Å². The van der Waals surface area contributed by atoms with Crippen LogP contribution in [0.3, 0.4) is 0 Å². The molecule has 0 saturated heterocycles. The van der Waals surface area contributed by atoms with Gasteiger partial charge in [-0.3, -0.25) is 0 Å². The Morgan fingerprint density at radius 1 is 1.20 bits per heavy atom. The number of hydrogen-bond acceptors (Lipinski definition) is 4. The molecule has 1 heterocycles. The second-order valence-corrected chi connectivity index (χ2v) is 6.47. The lowest BCUT2D eigenvalue weighted by molar-refractivity contribution is 0.963. The molecular weight excluding hydrogens is 334 g/mol. The minimum atomic E-state index is 0.750. The molecular formula is C15H18BrN3S. The first-order valence-corrected chi connectivity index (χ1v) is 8.52. The third-order valence-corrected chi connectivity index (χ3v) is 4.18. The van der Waals surface area contributed by atoms with Gasteiger partial charge >= 0.3 is 0 Å². The van der Waals surface area contributed by atoms with Gasteiger partial charge in [0.15, 0.2) is 5.82 Å². The Morgan fingerprint density at radius 2 is 1.95 bits per heavy atom. The van der Waals surface area contributed by atoms with E-state index in [-0.39, 0.29) is 0 Å². The van der Waals surface area contributed by atoms with Crippen molar-refractivity contribution in [2.45, 2.75) is 25.2 Å². The smallest absolute Gasteiger partial charge is 0.161 e. The van der Waals surface area contributed by atoms with Crippen molar-refractivity contribution in [1.29, 1.82) is 0 Å². The van der Waals surface area contributed by atoms with Gasteiger partial charge in [0.2, 0.25) is 0 Å². The second-order valence-electron chi connectivity index (χ2n) is 4.27. The van der Waals surface area contributed by atoms with Crippen LogP contribution in [0.25, 0.3) is 11.4 Å². The molecule has 1 aromatic carbocycles. The summed E-state index contributed by atoms with van der Waals surface area (Å²) in [4.78, 5) is 10.2. The zero-order valence-electron chi connectivity index (χ0n) is 11.7. The molecule has 0 atom stereocenters. The highest BCUT2D eigenvalue weighted by molar-refractivity contribution is 9.10. The first-order valence-electron chi connectivity index (χ1n) is 6.74. The molecule has 0 aliphatic rings. The lowest BCUT2D eigenvalue weighted by Crippen LogP contribution is -2.04. The average Bonchev–Trinajstić information content (AvgIpc) is 2.48. The maximum absolute atomic E-state index is 4.58. The predicted molar refractivity (Wildman–Crippen MR) is 90.3 cm³/mol. The SMILES string of the molecule is CCCNc1nc(-c2ccc(SCC)cc2)ncc1Br. The lowest BCUT2D eigenvalue weighted by atomic mass is 10.2. The molecule has 2 rings (SSSR count). The van der Waals surface area contributed by atoms with E-state index in [0.29, 0.717) is 0 Å². The van der Waals surface area contributed by atoms with Crippen LogP contribution in [0.1, 0.15) is 20.3 Å². The molecule has 1 aromatic heterocycles. The number of anilines is 1.